The van der Waals surface area contributed by atoms with E-state index in [2.05, 4.69) is 52.4 Å². The first kappa shape index (κ1) is 12.0. The minimum Gasteiger partial charge on any atom is -0.261 e. The first-order valence-electron chi connectivity index (χ1n) is 6.03. The van der Waals surface area contributed by atoms with Crippen LogP contribution in [0, 0.1) is 13.8 Å². The summed E-state index contributed by atoms with van der Waals surface area (Å²) in [5.74, 6) is 0. The van der Waals surface area contributed by atoms with Crippen LogP contribution in [0.15, 0.2) is 42.2 Å². The zero-order valence-corrected chi connectivity index (χ0v) is 11.6. The van der Waals surface area contributed by atoms with Gasteiger partial charge in [-0.25, -0.2) is 4.98 Å². The number of thiazole rings is 1. The van der Waals surface area contributed by atoms with Crippen LogP contribution in [0.5, 0.6) is 0 Å². The highest BCUT2D eigenvalue weighted by Crippen LogP contribution is 2.29. The van der Waals surface area contributed by atoms with Crippen molar-refractivity contribution in [3.05, 3.63) is 53.3 Å². The van der Waals surface area contributed by atoms with Crippen molar-refractivity contribution in [1.29, 1.82) is 0 Å². The van der Waals surface area contributed by atoms with E-state index in [1.807, 2.05) is 0 Å². The van der Waals surface area contributed by atoms with Gasteiger partial charge in [0.15, 0.2) is 0 Å². The van der Waals surface area contributed by atoms with Crippen LogP contribution in [-0.2, 0) is 0 Å². The molecule has 0 spiro atoms. The van der Waals surface area contributed by atoms with Gasteiger partial charge < -0.3 is 0 Å². The van der Waals surface area contributed by atoms with Crippen molar-refractivity contribution in [2.45, 2.75) is 13.8 Å². The van der Waals surface area contributed by atoms with Crippen molar-refractivity contribution in [3.8, 4) is 22.0 Å². The Labute approximate surface area is 116 Å². The molecule has 19 heavy (non-hydrogen) atoms. The summed E-state index contributed by atoms with van der Waals surface area (Å²) in [7, 11) is 0. The van der Waals surface area contributed by atoms with E-state index in [1.165, 1.54) is 16.7 Å². The Morgan fingerprint density at radius 2 is 1.95 bits per heavy atom. The monoisotopic (exact) mass is 267 g/mol. The van der Waals surface area contributed by atoms with Crippen molar-refractivity contribution in [2.24, 2.45) is 0 Å². The molecule has 0 saturated carbocycles. The lowest BCUT2D eigenvalue weighted by atomic mass is 10.0. The van der Waals surface area contributed by atoms with Crippen molar-refractivity contribution in [2.75, 3.05) is 0 Å². The highest BCUT2D eigenvalue weighted by molar-refractivity contribution is 7.13. The first-order chi connectivity index (χ1) is 9.24. The maximum atomic E-state index is 4.67. The quantitative estimate of drug-likeness (QED) is 0.707. The van der Waals surface area contributed by atoms with Crippen LogP contribution in [0.1, 0.15) is 11.1 Å². The van der Waals surface area contributed by atoms with Crippen LogP contribution in [0.2, 0.25) is 0 Å². The number of benzene rings is 1. The molecular weight excluding hydrogens is 254 g/mol. The van der Waals surface area contributed by atoms with Gasteiger partial charge in [-0.3, -0.25) is 9.97 Å². The third-order valence-corrected chi connectivity index (χ3v) is 3.82. The second-order valence-corrected chi connectivity index (χ2v) is 5.31. The minimum absolute atomic E-state index is 0.823. The molecule has 3 nitrogen and oxygen atoms in total. The van der Waals surface area contributed by atoms with Gasteiger partial charge in [-0.1, -0.05) is 17.7 Å². The van der Waals surface area contributed by atoms with Gasteiger partial charge in [0.1, 0.15) is 10.7 Å². The number of aromatic nitrogens is 3. The number of rotatable bonds is 2. The van der Waals surface area contributed by atoms with E-state index >= 15 is 0 Å². The predicted molar refractivity (Wildman–Crippen MR) is 78.1 cm³/mol. The van der Waals surface area contributed by atoms with E-state index in [1.54, 1.807) is 29.9 Å². The third kappa shape index (κ3) is 2.39. The Morgan fingerprint density at radius 1 is 1.05 bits per heavy atom. The summed E-state index contributed by atoms with van der Waals surface area (Å²) in [6.45, 7) is 4.20. The molecule has 0 aliphatic heterocycles. The van der Waals surface area contributed by atoms with Gasteiger partial charge in [-0.2, -0.15) is 0 Å². The minimum atomic E-state index is 0.823. The number of hydrogen-bond acceptors (Lipinski definition) is 4. The average Bonchev–Trinajstić information content (AvgIpc) is 2.92. The summed E-state index contributed by atoms with van der Waals surface area (Å²) in [5, 5.41) is 2.98. The van der Waals surface area contributed by atoms with Crippen molar-refractivity contribution >= 4 is 11.3 Å². The highest BCUT2D eigenvalue weighted by Gasteiger charge is 2.09. The summed E-state index contributed by atoms with van der Waals surface area (Å²) >= 11 is 1.60. The molecule has 0 N–H and O–H groups in total. The van der Waals surface area contributed by atoms with Gasteiger partial charge in [-0.05, 0) is 25.5 Å². The molecule has 0 atom stereocenters. The summed E-state index contributed by atoms with van der Waals surface area (Å²) in [5.41, 5.74) is 5.50. The molecule has 0 fully saturated rings. The number of nitrogens with zero attached hydrogens (tertiary/aromatic N) is 3. The highest BCUT2D eigenvalue weighted by atomic mass is 32.1. The van der Waals surface area contributed by atoms with E-state index in [0.717, 1.165) is 16.4 Å². The van der Waals surface area contributed by atoms with E-state index in [0.29, 0.717) is 0 Å². The van der Waals surface area contributed by atoms with Crippen LogP contribution in [0.25, 0.3) is 22.0 Å². The molecular formula is C15H13N3S. The first-order valence-corrected chi connectivity index (χ1v) is 6.91. The van der Waals surface area contributed by atoms with Crippen LogP contribution in [0.4, 0.5) is 0 Å². The molecule has 0 unspecified atom stereocenters. The summed E-state index contributed by atoms with van der Waals surface area (Å²) in [6.07, 6.45) is 5.10. The molecule has 94 valence electrons. The fourth-order valence-electron chi connectivity index (χ4n) is 1.94. The molecule has 0 radical (unpaired) electrons. The molecule has 0 bridgehead atoms. The van der Waals surface area contributed by atoms with Gasteiger partial charge in [0.05, 0.1) is 11.9 Å². The standard InChI is InChI=1S/C15H13N3S/c1-10-3-4-11(2)12(7-10)14-9-19-15(18-14)13-8-16-5-6-17-13/h3-9H,1-2H3. The van der Waals surface area contributed by atoms with Gasteiger partial charge in [0, 0.05) is 23.3 Å². The molecule has 1 aromatic carbocycles. The lowest BCUT2D eigenvalue weighted by molar-refractivity contribution is 1.19. The molecule has 0 saturated heterocycles. The predicted octanol–water partition coefficient (Wildman–Crippen LogP) is 3.88. The second-order valence-electron chi connectivity index (χ2n) is 4.45. The van der Waals surface area contributed by atoms with Gasteiger partial charge in [0.25, 0.3) is 0 Å². The van der Waals surface area contributed by atoms with Crippen LogP contribution < -0.4 is 0 Å². The fourth-order valence-corrected chi connectivity index (χ4v) is 2.72. The molecule has 3 rings (SSSR count). The van der Waals surface area contributed by atoms with Crippen molar-refractivity contribution in [3.63, 3.8) is 0 Å². The van der Waals surface area contributed by atoms with E-state index in [9.17, 15) is 0 Å². The largest absolute Gasteiger partial charge is 0.261 e. The molecule has 0 aliphatic carbocycles. The molecule has 0 aliphatic rings. The van der Waals surface area contributed by atoms with E-state index in [-0.39, 0.29) is 0 Å². The smallest absolute Gasteiger partial charge is 0.144 e. The topological polar surface area (TPSA) is 38.7 Å². The summed E-state index contributed by atoms with van der Waals surface area (Å²) in [6, 6.07) is 6.42. The lowest BCUT2D eigenvalue weighted by Crippen LogP contribution is -1.86. The maximum absolute atomic E-state index is 4.67. The fraction of sp³-hybridized carbons (Fsp3) is 0.133. The molecule has 3 aromatic rings. The Hall–Kier alpha value is -2.07. The molecule has 0 amide bonds. The normalized spacial score (nSPS) is 10.6. The average molecular weight is 267 g/mol. The maximum Gasteiger partial charge on any atom is 0.144 e. The zero-order chi connectivity index (χ0) is 13.2. The number of hydrogen-bond donors (Lipinski definition) is 0. The van der Waals surface area contributed by atoms with Gasteiger partial charge >= 0.3 is 0 Å². The SMILES string of the molecule is Cc1ccc(C)c(-c2csc(-c3cnccn3)n2)c1. The van der Waals surface area contributed by atoms with Crippen LogP contribution >= 0.6 is 11.3 Å². The second kappa shape index (κ2) is 4.90. The van der Waals surface area contributed by atoms with E-state index < -0.39 is 0 Å². The molecule has 2 aromatic heterocycles. The van der Waals surface area contributed by atoms with Gasteiger partial charge in [0.2, 0.25) is 0 Å². The Balaban J connectivity index is 2.04. The molecule has 2 heterocycles. The summed E-state index contributed by atoms with van der Waals surface area (Å²) in [4.78, 5) is 13.0. The lowest BCUT2D eigenvalue weighted by Gasteiger charge is -2.03. The molecule has 4 heteroatoms. The Kier molecular flexibility index (Phi) is 3.09. The van der Waals surface area contributed by atoms with Crippen molar-refractivity contribution < 1.29 is 0 Å². The van der Waals surface area contributed by atoms with E-state index in [4.69, 9.17) is 0 Å². The van der Waals surface area contributed by atoms with Gasteiger partial charge in [-0.15, -0.1) is 11.3 Å². The Morgan fingerprint density at radius 3 is 2.74 bits per heavy atom. The Bertz CT molecular complexity index is 704. The number of aryl methyl sites for hydroxylation is 2. The van der Waals surface area contributed by atoms with Crippen molar-refractivity contribution in [1.82, 2.24) is 15.0 Å². The van der Waals surface area contributed by atoms with Crippen LogP contribution in [0.3, 0.4) is 0 Å². The third-order valence-electron chi connectivity index (χ3n) is 2.96. The summed E-state index contributed by atoms with van der Waals surface area (Å²) < 4.78 is 0. The van der Waals surface area contributed by atoms with Crippen LogP contribution in [-0.4, -0.2) is 15.0 Å². The zero-order valence-electron chi connectivity index (χ0n) is 10.8.